The van der Waals surface area contributed by atoms with Crippen molar-refractivity contribution in [3.05, 3.63) is 29.8 Å². The van der Waals surface area contributed by atoms with Gasteiger partial charge in [-0.2, -0.15) is 0 Å². The van der Waals surface area contributed by atoms with Gasteiger partial charge in [0.15, 0.2) is 5.78 Å². The standard InChI is InChI=1S/C22H34N2O2/c1-4-21(25)19-10-8-11-20(17-19)23-13-15-24(16-14-23)22(26)12-7-5-6-9-18(2)3/h8,10-11,17-18H,4-7,9,12-16H2,1-3H3. The lowest BCUT2D eigenvalue weighted by molar-refractivity contribution is -0.131. The van der Waals surface area contributed by atoms with Gasteiger partial charge < -0.3 is 9.80 Å². The number of hydrogen-bond acceptors (Lipinski definition) is 3. The zero-order valence-electron chi connectivity index (χ0n) is 16.7. The molecule has 1 aliphatic rings. The Morgan fingerprint density at radius 3 is 2.42 bits per heavy atom. The summed E-state index contributed by atoms with van der Waals surface area (Å²) in [7, 11) is 0. The summed E-state index contributed by atoms with van der Waals surface area (Å²) in [5.74, 6) is 1.23. The zero-order valence-corrected chi connectivity index (χ0v) is 16.7. The predicted molar refractivity (Wildman–Crippen MR) is 108 cm³/mol. The number of amides is 1. The van der Waals surface area contributed by atoms with E-state index in [4.69, 9.17) is 0 Å². The van der Waals surface area contributed by atoms with Crippen molar-refractivity contribution >= 4 is 17.4 Å². The zero-order chi connectivity index (χ0) is 18.9. The van der Waals surface area contributed by atoms with E-state index in [0.29, 0.717) is 18.7 Å². The molecule has 1 aromatic rings. The molecule has 0 aromatic heterocycles. The highest BCUT2D eigenvalue weighted by Crippen LogP contribution is 2.20. The number of rotatable bonds is 9. The molecule has 1 fully saturated rings. The van der Waals surface area contributed by atoms with Gasteiger partial charge in [-0.3, -0.25) is 9.59 Å². The molecule has 2 rings (SSSR count). The van der Waals surface area contributed by atoms with E-state index in [1.807, 2.05) is 30.0 Å². The number of hydrogen-bond donors (Lipinski definition) is 0. The Morgan fingerprint density at radius 2 is 1.77 bits per heavy atom. The lowest BCUT2D eigenvalue weighted by Gasteiger charge is -2.36. The van der Waals surface area contributed by atoms with E-state index >= 15 is 0 Å². The minimum atomic E-state index is 0.179. The molecule has 1 amide bonds. The minimum Gasteiger partial charge on any atom is -0.368 e. The van der Waals surface area contributed by atoms with Gasteiger partial charge in [-0.15, -0.1) is 0 Å². The first-order valence-electron chi connectivity index (χ1n) is 10.2. The van der Waals surface area contributed by atoms with Crippen molar-refractivity contribution in [2.45, 2.75) is 59.3 Å². The summed E-state index contributed by atoms with van der Waals surface area (Å²) < 4.78 is 0. The van der Waals surface area contributed by atoms with Gasteiger partial charge in [-0.05, 0) is 24.5 Å². The number of carbonyl (C=O) groups is 2. The molecule has 0 bridgehead atoms. The fraction of sp³-hybridized carbons (Fsp3) is 0.636. The molecule has 0 spiro atoms. The van der Waals surface area contributed by atoms with E-state index in [9.17, 15) is 9.59 Å². The number of ketones is 1. The summed E-state index contributed by atoms with van der Waals surface area (Å²) in [5.41, 5.74) is 1.87. The lowest BCUT2D eigenvalue weighted by Crippen LogP contribution is -2.48. The maximum atomic E-state index is 12.4. The molecule has 0 N–H and O–H groups in total. The third kappa shape index (κ3) is 6.15. The van der Waals surface area contributed by atoms with Gasteiger partial charge in [0.25, 0.3) is 0 Å². The molecule has 0 aliphatic carbocycles. The van der Waals surface area contributed by atoms with Gasteiger partial charge >= 0.3 is 0 Å². The predicted octanol–water partition coefficient (Wildman–Crippen LogP) is 4.53. The summed E-state index contributed by atoms with van der Waals surface area (Å²) in [6.07, 6.45) is 5.86. The molecular formula is C22H34N2O2. The highest BCUT2D eigenvalue weighted by atomic mass is 16.2. The van der Waals surface area contributed by atoms with Crippen LogP contribution in [0.5, 0.6) is 0 Å². The largest absolute Gasteiger partial charge is 0.368 e. The summed E-state index contributed by atoms with van der Waals surface area (Å²) >= 11 is 0. The number of nitrogens with zero attached hydrogens (tertiary/aromatic N) is 2. The highest BCUT2D eigenvalue weighted by Gasteiger charge is 2.21. The first kappa shape index (κ1) is 20.5. The summed E-state index contributed by atoms with van der Waals surface area (Å²) in [6, 6.07) is 7.87. The molecule has 26 heavy (non-hydrogen) atoms. The Balaban J connectivity index is 1.76. The monoisotopic (exact) mass is 358 g/mol. The molecule has 4 heteroatoms. The molecule has 0 radical (unpaired) electrons. The van der Waals surface area contributed by atoms with Crippen LogP contribution < -0.4 is 4.90 Å². The van der Waals surface area contributed by atoms with Crippen molar-refractivity contribution in [2.24, 2.45) is 5.92 Å². The second-order valence-electron chi connectivity index (χ2n) is 7.69. The number of benzene rings is 1. The molecule has 1 saturated heterocycles. The highest BCUT2D eigenvalue weighted by molar-refractivity contribution is 5.96. The molecule has 1 aliphatic heterocycles. The van der Waals surface area contributed by atoms with Gasteiger partial charge in [-0.1, -0.05) is 52.2 Å². The maximum Gasteiger partial charge on any atom is 0.222 e. The average Bonchev–Trinajstić information content (AvgIpc) is 2.67. The second kappa shape index (κ2) is 10.3. The van der Waals surface area contributed by atoms with Gasteiger partial charge in [0.05, 0.1) is 0 Å². The van der Waals surface area contributed by atoms with Crippen LogP contribution in [0.1, 0.15) is 69.7 Å². The van der Waals surface area contributed by atoms with E-state index in [2.05, 4.69) is 24.8 Å². The van der Waals surface area contributed by atoms with Gasteiger partial charge in [0.1, 0.15) is 0 Å². The van der Waals surface area contributed by atoms with Crippen LogP contribution in [0.4, 0.5) is 5.69 Å². The third-order valence-electron chi connectivity index (χ3n) is 5.16. The minimum absolute atomic E-state index is 0.179. The second-order valence-corrected chi connectivity index (χ2v) is 7.69. The number of anilines is 1. The fourth-order valence-electron chi connectivity index (χ4n) is 3.46. The van der Waals surface area contributed by atoms with Crippen LogP contribution >= 0.6 is 0 Å². The Morgan fingerprint density at radius 1 is 1.04 bits per heavy atom. The average molecular weight is 359 g/mol. The van der Waals surface area contributed by atoms with Gasteiger partial charge in [0.2, 0.25) is 5.91 Å². The van der Waals surface area contributed by atoms with Crippen molar-refractivity contribution in [3.63, 3.8) is 0 Å². The van der Waals surface area contributed by atoms with Crippen LogP contribution in [0.15, 0.2) is 24.3 Å². The van der Waals surface area contributed by atoms with E-state index in [0.717, 1.165) is 56.2 Å². The van der Waals surface area contributed by atoms with Gasteiger partial charge in [0, 0.05) is 50.3 Å². The Bertz CT molecular complexity index is 590. The lowest BCUT2D eigenvalue weighted by atomic mass is 10.0. The van der Waals surface area contributed by atoms with Crippen LogP contribution in [0.25, 0.3) is 0 Å². The van der Waals surface area contributed by atoms with Crippen LogP contribution in [-0.2, 0) is 4.79 Å². The first-order chi connectivity index (χ1) is 12.5. The summed E-state index contributed by atoms with van der Waals surface area (Å²) in [5, 5.41) is 0. The van der Waals surface area contributed by atoms with Crippen molar-refractivity contribution in [1.29, 1.82) is 0 Å². The maximum absolute atomic E-state index is 12.4. The Kier molecular flexibility index (Phi) is 8.14. The molecule has 0 unspecified atom stereocenters. The van der Waals surface area contributed by atoms with E-state index in [1.54, 1.807) is 0 Å². The van der Waals surface area contributed by atoms with Crippen LogP contribution in [0.2, 0.25) is 0 Å². The van der Waals surface area contributed by atoms with E-state index in [1.165, 1.54) is 12.8 Å². The third-order valence-corrected chi connectivity index (χ3v) is 5.16. The molecule has 0 saturated carbocycles. The van der Waals surface area contributed by atoms with E-state index < -0.39 is 0 Å². The summed E-state index contributed by atoms with van der Waals surface area (Å²) in [4.78, 5) is 28.6. The van der Waals surface area contributed by atoms with Crippen LogP contribution in [0.3, 0.4) is 0 Å². The van der Waals surface area contributed by atoms with Crippen molar-refractivity contribution < 1.29 is 9.59 Å². The van der Waals surface area contributed by atoms with E-state index in [-0.39, 0.29) is 5.78 Å². The Hall–Kier alpha value is -1.84. The van der Waals surface area contributed by atoms with Crippen LogP contribution in [0, 0.1) is 5.92 Å². The van der Waals surface area contributed by atoms with Crippen molar-refractivity contribution in [2.75, 3.05) is 31.1 Å². The number of Topliss-reactive ketones (excluding diaryl/α,β-unsaturated/α-hetero) is 1. The van der Waals surface area contributed by atoms with Crippen LogP contribution in [-0.4, -0.2) is 42.8 Å². The topological polar surface area (TPSA) is 40.6 Å². The molecular weight excluding hydrogens is 324 g/mol. The SMILES string of the molecule is CCC(=O)c1cccc(N2CCN(C(=O)CCCCCC(C)C)CC2)c1. The molecule has 1 heterocycles. The molecule has 1 aromatic carbocycles. The van der Waals surface area contributed by atoms with Crippen molar-refractivity contribution in [1.82, 2.24) is 4.90 Å². The summed E-state index contributed by atoms with van der Waals surface area (Å²) in [6.45, 7) is 9.61. The molecule has 4 nitrogen and oxygen atoms in total. The smallest absolute Gasteiger partial charge is 0.222 e. The molecule has 144 valence electrons. The normalized spacial score (nSPS) is 14.8. The number of unbranched alkanes of at least 4 members (excludes halogenated alkanes) is 2. The Labute approximate surface area is 158 Å². The van der Waals surface area contributed by atoms with Crippen molar-refractivity contribution in [3.8, 4) is 0 Å². The number of piperazine rings is 1. The number of carbonyl (C=O) groups excluding carboxylic acids is 2. The first-order valence-corrected chi connectivity index (χ1v) is 10.2. The quantitative estimate of drug-likeness (QED) is 0.481. The molecule has 0 atom stereocenters. The van der Waals surface area contributed by atoms with Gasteiger partial charge in [-0.25, -0.2) is 0 Å². The fourth-order valence-corrected chi connectivity index (χ4v) is 3.46.